The molecule has 0 spiro atoms. The molecule has 0 aromatic carbocycles. The topological polar surface area (TPSA) is 50.4 Å². The average Bonchev–Trinajstić information content (AvgIpc) is 2.53. The molecule has 0 aliphatic carbocycles. The normalized spacial score (nSPS) is 22.2. The van der Waals surface area contributed by atoms with Gasteiger partial charge in [0, 0.05) is 11.8 Å². The van der Waals surface area contributed by atoms with E-state index in [-0.39, 0.29) is 6.03 Å². The number of carbonyl (C=O) groups excluding carboxylic acids is 1. The van der Waals surface area contributed by atoms with Crippen LogP contribution >= 0.6 is 11.8 Å². The van der Waals surface area contributed by atoms with Crippen LogP contribution in [0.15, 0.2) is 0 Å². The van der Waals surface area contributed by atoms with Crippen molar-refractivity contribution in [1.82, 2.24) is 10.8 Å². The van der Waals surface area contributed by atoms with Gasteiger partial charge in [-0.2, -0.15) is 11.8 Å². The van der Waals surface area contributed by atoms with E-state index in [4.69, 9.17) is 4.84 Å². The summed E-state index contributed by atoms with van der Waals surface area (Å²) in [6, 6.07) is 0.0832. The van der Waals surface area contributed by atoms with Gasteiger partial charge in [-0.15, -0.1) is 0 Å². The lowest BCUT2D eigenvalue weighted by Gasteiger charge is -2.11. The van der Waals surface area contributed by atoms with Gasteiger partial charge >= 0.3 is 6.03 Å². The highest BCUT2D eigenvalue weighted by molar-refractivity contribution is 7.99. The Hall–Kier alpha value is -0.420. The molecule has 4 nitrogen and oxygen atoms in total. The summed E-state index contributed by atoms with van der Waals surface area (Å²) in [5.74, 6) is 2.15. The fourth-order valence-corrected chi connectivity index (χ4v) is 2.15. The fraction of sp³-hybridized carbons (Fsp3) is 0.857. The van der Waals surface area contributed by atoms with Crippen molar-refractivity contribution < 1.29 is 9.63 Å². The zero-order valence-corrected chi connectivity index (χ0v) is 7.95. The minimum atomic E-state index is -0.232. The molecule has 1 unspecified atom stereocenters. The zero-order chi connectivity index (χ0) is 8.81. The second-order valence-electron chi connectivity index (χ2n) is 2.57. The summed E-state index contributed by atoms with van der Waals surface area (Å²) in [6.07, 6.45) is 1.06. The molecule has 2 amide bonds. The number of hydrogen-bond acceptors (Lipinski definition) is 3. The first-order chi connectivity index (χ1) is 5.83. The molecular formula is C7H14N2O2S. The predicted octanol–water partition coefficient (Wildman–Crippen LogP) is 0.743. The standard InChI is InChI=1S/C7H14N2O2S/c1-2-11-9-7(10)8-6-3-4-12-5-6/h6H,2-5H2,1H3,(H2,8,9,10). The Balaban J connectivity index is 2.08. The van der Waals surface area contributed by atoms with E-state index in [0.29, 0.717) is 12.6 Å². The maximum Gasteiger partial charge on any atom is 0.338 e. The quantitative estimate of drug-likeness (QED) is 0.645. The van der Waals surface area contributed by atoms with Crippen molar-refractivity contribution in [2.75, 3.05) is 18.1 Å². The molecule has 1 saturated heterocycles. The maximum absolute atomic E-state index is 11.0. The van der Waals surface area contributed by atoms with Crippen molar-refractivity contribution in [2.24, 2.45) is 0 Å². The minimum Gasteiger partial charge on any atom is -0.333 e. The summed E-state index contributed by atoms with van der Waals surface area (Å²) in [4.78, 5) is 15.7. The molecule has 0 saturated carbocycles. The van der Waals surface area contributed by atoms with Gasteiger partial charge in [0.15, 0.2) is 0 Å². The zero-order valence-electron chi connectivity index (χ0n) is 7.13. The number of rotatable bonds is 3. The van der Waals surface area contributed by atoms with Gasteiger partial charge in [-0.1, -0.05) is 0 Å². The molecule has 1 aliphatic rings. The summed E-state index contributed by atoms with van der Waals surface area (Å²) >= 11 is 1.86. The molecule has 5 heteroatoms. The van der Waals surface area contributed by atoms with E-state index in [2.05, 4.69) is 10.8 Å². The largest absolute Gasteiger partial charge is 0.338 e. The molecule has 1 fully saturated rings. The number of amides is 2. The third-order valence-corrected chi connectivity index (χ3v) is 2.74. The van der Waals surface area contributed by atoms with Crippen LogP contribution in [0.5, 0.6) is 0 Å². The Morgan fingerprint density at radius 2 is 2.58 bits per heavy atom. The Morgan fingerprint density at radius 3 is 3.17 bits per heavy atom. The van der Waals surface area contributed by atoms with Crippen LogP contribution in [-0.4, -0.2) is 30.2 Å². The second kappa shape index (κ2) is 5.27. The smallest absolute Gasteiger partial charge is 0.333 e. The molecule has 0 aromatic heterocycles. The minimum absolute atomic E-state index is 0.232. The summed E-state index contributed by atoms with van der Waals surface area (Å²) in [7, 11) is 0. The second-order valence-corrected chi connectivity index (χ2v) is 3.72. The van der Waals surface area contributed by atoms with Gasteiger partial charge in [0.05, 0.1) is 6.61 Å². The van der Waals surface area contributed by atoms with Crippen molar-refractivity contribution in [1.29, 1.82) is 0 Å². The molecule has 0 radical (unpaired) electrons. The van der Waals surface area contributed by atoms with Crippen LogP contribution in [0.3, 0.4) is 0 Å². The van der Waals surface area contributed by atoms with Crippen LogP contribution in [0.1, 0.15) is 13.3 Å². The summed E-state index contributed by atoms with van der Waals surface area (Å²) in [5, 5.41) is 2.82. The molecule has 2 N–H and O–H groups in total. The molecule has 1 aliphatic heterocycles. The van der Waals surface area contributed by atoms with Crippen LogP contribution in [0.25, 0.3) is 0 Å². The highest BCUT2D eigenvalue weighted by atomic mass is 32.2. The van der Waals surface area contributed by atoms with Gasteiger partial charge in [0.25, 0.3) is 0 Å². The number of nitrogens with one attached hydrogen (secondary N) is 2. The number of thioether (sulfide) groups is 1. The maximum atomic E-state index is 11.0. The van der Waals surface area contributed by atoms with Crippen molar-refractivity contribution in [3.63, 3.8) is 0 Å². The van der Waals surface area contributed by atoms with E-state index in [0.717, 1.165) is 17.9 Å². The lowest BCUT2D eigenvalue weighted by Crippen LogP contribution is -2.42. The van der Waals surface area contributed by atoms with Gasteiger partial charge in [-0.25, -0.2) is 10.3 Å². The highest BCUT2D eigenvalue weighted by Crippen LogP contribution is 2.16. The van der Waals surface area contributed by atoms with E-state index in [9.17, 15) is 4.79 Å². The first kappa shape index (κ1) is 9.67. The van der Waals surface area contributed by atoms with Crippen molar-refractivity contribution in [3.05, 3.63) is 0 Å². The summed E-state index contributed by atoms with van der Waals surface area (Å²) < 4.78 is 0. The predicted molar refractivity (Wildman–Crippen MR) is 49.0 cm³/mol. The van der Waals surface area contributed by atoms with E-state index in [1.807, 2.05) is 18.7 Å². The SMILES string of the molecule is CCONC(=O)NC1CCSC1. The molecule has 1 heterocycles. The van der Waals surface area contributed by atoms with Crippen LogP contribution in [0, 0.1) is 0 Å². The number of carbonyl (C=O) groups is 1. The summed E-state index contributed by atoms with van der Waals surface area (Å²) in [5.41, 5.74) is 2.30. The Labute approximate surface area is 76.4 Å². The van der Waals surface area contributed by atoms with Crippen molar-refractivity contribution in [3.8, 4) is 0 Å². The van der Waals surface area contributed by atoms with Gasteiger partial charge in [-0.05, 0) is 19.1 Å². The highest BCUT2D eigenvalue weighted by Gasteiger charge is 2.16. The van der Waals surface area contributed by atoms with Crippen LogP contribution in [0.4, 0.5) is 4.79 Å². The molecular weight excluding hydrogens is 176 g/mol. The lowest BCUT2D eigenvalue weighted by molar-refractivity contribution is 0.0698. The first-order valence-corrected chi connectivity index (χ1v) is 5.24. The Morgan fingerprint density at radius 1 is 1.75 bits per heavy atom. The molecule has 70 valence electrons. The number of hydrogen-bond donors (Lipinski definition) is 2. The molecule has 0 aromatic rings. The van der Waals surface area contributed by atoms with E-state index < -0.39 is 0 Å². The fourth-order valence-electron chi connectivity index (χ4n) is 1.00. The van der Waals surface area contributed by atoms with E-state index in [1.54, 1.807) is 0 Å². The van der Waals surface area contributed by atoms with Crippen molar-refractivity contribution >= 4 is 17.8 Å². The molecule has 0 bridgehead atoms. The van der Waals surface area contributed by atoms with E-state index in [1.165, 1.54) is 0 Å². The average molecular weight is 190 g/mol. The Bertz CT molecular complexity index is 148. The van der Waals surface area contributed by atoms with E-state index >= 15 is 0 Å². The lowest BCUT2D eigenvalue weighted by atomic mass is 10.3. The van der Waals surface area contributed by atoms with Gasteiger partial charge in [0.2, 0.25) is 0 Å². The van der Waals surface area contributed by atoms with Crippen molar-refractivity contribution in [2.45, 2.75) is 19.4 Å². The number of hydroxylamine groups is 1. The molecule has 12 heavy (non-hydrogen) atoms. The summed E-state index contributed by atoms with van der Waals surface area (Å²) in [6.45, 7) is 2.32. The number of urea groups is 1. The Kier molecular flexibility index (Phi) is 4.24. The monoisotopic (exact) mass is 190 g/mol. The van der Waals surface area contributed by atoms with Crippen LogP contribution in [0.2, 0.25) is 0 Å². The van der Waals surface area contributed by atoms with Gasteiger partial charge < -0.3 is 5.32 Å². The van der Waals surface area contributed by atoms with Gasteiger partial charge in [-0.3, -0.25) is 4.84 Å². The van der Waals surface area contributed by atoms with Crippen LogP contribution in [-0.2, 0) is 4.84 Å². The van der Waals surface area contributed by atoms with Gasteiger partial charge in [0.1, 0.15) is 0 Å². The van der Waals surface area contributed by atoms with Crippen LogP contribution < -0.4 is 10.8 Å². The molecule has 1 rings (SSSR count). The molecule has 1 atom stereocenters. The first-order valence-electron chi connectivity index (χ1n) is 4.09. The third kappa shape index (κ3) is 3.32. The third-order valence-electron chi connectivity index (χ3n) is 1.57.